The topological polar surface area (TPSA) is 57.6 Å². The maximum Gasteiger partial charge on any atom is 0.335 e. The summed E-state index contributed by atoms with van der Waals surface area (Å²) in [5, 5.41) is 9.32. The number of hydrogen-bond donors (Lipinski definition) is 1. The van der Waals surface area contributed by atoms with E-state index in [1.165, 1.54) is 0 Å². The highest BCUT2D eigenvalue weighted by atomic mass is 19.1. The number of hydrogen-bond acceptors (Lipinski definition) is 2. The Labute approximate surface area is 158 Å². The number of halogens is 1. The van der Waals surface area contributed by atoms with Crippen molar-refractivity contribution in [2.75, 3.05) is 13.1 Å². The van der Waals surface area contributed by atoms with Crippen molar-refractivity contribution < 1.29 is 19.1 Å². The number of benzene rings is 2. The third-order valence-electron chi connectivity index (χ3n) is 5.34. The van der Waals surface area contributed by atoms with E-state index in [4.69, 9.17) is 0 Å². The zero-order chi connectivity index (χ0) is 19.6. The first-order chi connectivity index (χ1) is 12.9. The van der Waals surface area contributed by atoms with Gasteiger partial charge in [-0.3, -0.25) is 4.79 Å². The molecule has 1 N–H and O–H groups in total. The van der Waals surface area contributed by atoms with Gasteiger partial charge >= 0.3 is 5.97 Å². The van der Waals surface area contributed by atoms with Gasteiger partial charge in [-0.25, -0.2) is 9.18 Å². The zero-order valence-electron chi connectivity index (χ0n) is 15.7. The van der Waals surface area contributed by atoms with Gasteiger partial charge in [0.05, 0.1) is 5.56 Å². The Bertz CT molecular complexity index is 847. The van der Waals surface area contributed by atoms with Crippen molar-refractivity contribution in [3.8, 4) is 0 Å². The second-order valence-corrected chi connectivity index (χ2v) is 7.33. The van der Waals surface area contributed by atoms with Crippen LogP contribution >= 0.6 is 0 Å². The molecule has 0 atom stereocenters. The first-order valence-electron chi connectivity index (χ1n) is 9.24. The summed E-state index contributed by atoms with van der Waals surface area (Å²) in [5.41, 5.74) is 2.70. The lowest BCUT2D eigenvalue weighted by Gasteiger charge is -2.32. The van der Waals surface area contributed by atoms with E-state index >= 15 is 0 Å². The Balaban J connectivity index is 1.64. The predicted octanol–water partition coefficient (Wildman–Crippen LogP) is 4.24. The van der Waals surface area contributed by atoms with E-state index in [9.17, 15) is 19.1 Å². The number of carboxylic acids is 1. The molecule has 1 heterocycles. The Morgan fingerprint density at radius 1 is 1.11 bits per heavy atom. The molecular formula is C22H24FNO3. The molecule has 5 heteroatoms. The average molecular weight is 369 g/mol. The Kier molecular flexibility index (Phi) is 5.59. The lowest BCUT2D eigenvalue weighted by Crippen LogP contribution is -2.39. The van der Waals surface area contributed by atoms with Gasteiger partial charge in [0.1, 0.15) is 5.82 Å². The van der Waals surface area contributed by atoms with Crippen LogP contribution in [0.5, 0.6) is 0 Å². The van der Waals surface area contributed by atoms with Crippen molar-refractivity contribution in [1.29, 1.82) is 0 Å². The van der Waals surface area contributed by atoms with E-state index in [0.29, 0.717) is 47.7 Å². The van der Waals surface area contributed by atoms with Crippen LogP contribution in [0.25, 0.3) is 0 Å². The van der Waals surface area contributed by atoms with E-state index in [1.807, 2.05) is 17.0 Å². The lowest BCUT2D eigenvalue weighted by atomic mass is 9.88. The fraction of sp³-hybridized carbons (Fsp3) is 0.364. The fourth-order valence-corrected chi connectivity index (χ4v) is 3.81. The van der Waals surface area contributed by atoms with Crippen LogP contribution in [-0.2, 0) is 6.42 Å². The van der Waals surface area contributed by atoms with E-state index in [1.54, 1.807) is 38.1 Å². The SMILES string of the molecule is Cc1cc(C(=O)N2CCC(Cc3ccccc3C(=O)O)CC2)cc(C)c1F. The Hall–Kier alpha value is -2.69. The van der Waals surface area contributed by atoms with Gasteiger partial charge < -0.3 is 10.0 Å². The van der Waals surface area contributed by atoms with Gasteiger partial charge in [-0.2, -0.15) is 0 Å². The summed E-state index contributed by atoms with van der Waals surface area (Å²) in [4.78, 5) is 25.9. The summed E-state index contributed by atoms with van der Waals surface area (Å²) in [6.07, 6.45) is 2.37. The van der Waals surface area contributed by atoms with Gasteiger partial charge in [0.2, 0.25) is 0 Å². The minimum absolute atomic E-state index is 0.0643. The monoisotopic (exact) mass is 369 g/mol. The lowest BCUT2D eigenvalue weighted by molar-refractivity contribution is 0.0690. The standard InChI is InChI=1S/C22H24FNO3/c1-14-11-18(12-15(2)20(14)23)21(25)24-9-7-16(8-10-24)13-17-5-3-4-6-19(17)22(26)27/h3-6,11-12,16H,7-10,13H2,1-2H3,(H,26,27). The highest BCUT2D eigenvalue weighted by Crippen LogP contribution is 2.25. The molecule has 1 aliphatic heterocycles. The van der Waals surface area contributed by atoms with Crippen LogP contribution in [0, 0.1) is 25.6 Å². The molecule has 1 amide bonds. The minimum atomic E-state index is -0.903. The number of carbonyl (C=O) groups excluding carboxylic acids is 1. The van der Waals surface area contributed by atoms with Gasteiger partial charge in [0, 0.05) is 18.7 Å². The molecule has 142 valence electrons. The van der Waals surface area contributed by atoms with E-state index in [2.05, 4.69) is 0 Å². The number of rotatable bonds is 4. The minimum Gasteiger partial charge on any atom is -0.478 e. The van der Waals surface area contributed by atoms with Gasteiger partial charge in [-0.15, -0.1) is 0 Å². The summed E-state index contributed by atoms with van der Waals surface area (Å²) in [6, 6.07) is 10.3. The number of likely N-dealkylation sites (tertiary alicyclic amines) is 1. The predicted molar refractivity (Wildman–Crippen MR) is 102 cm³/mol. The van der Waals surface area contributed by atoms with Crippen molar-refractivity contribution >= 4 is 11.9 Å². The van der Waals surface area contributed by atoms with Crippen LogP contribution in [0.4, 0.5) is 4.39 Å². The van der Waals surface area contributed by atoms with Crippen LogP contribution in [0.15, 0.2) is 36.4 Å². The molecule has 0 bridgehead atoms. The van der Waals surface area contributed by atoms with Crippen LogP contribution < -0.4 is 0 Å². The Morgan fingerprint density at radius 3 is 2.30 bits per heavy atom. The molecular weight excluding hydrogens is 345 g/mol. The number of carboxylic acid groups (broad SMARTS) is 1. The third kappa shape index (κ3) is 4.18. The number of piperidine rings is 1. The molecule has 2 aromatic rings. The number of aromatic carboxylic acids is 1. The third-order valence-corrected chi connectivity index (χ3v) is 5.34. The van der Waals surface area contributed by atoms with Gasteiger partial charge in [-0.1, -0.05) is 18.2 Å². The zero-order valence-corrected chi connectivity index (χ0v) is 15.7. The number of nitrogens with zero attached hydrogens (tertiary/aromatic N) is 1. The van der Waals surface area contributed by atoms with E-state index in [0.717, 1.165) is 18.4 Å². The number of aryl methyl sites for hydroxylation is 2. The summed E-state index contributed by atoms with van der Waals surface area (Å²) in [5.74, 6) is -0.876. The van der Waals surface area contributed by atoms with Crippen molar-refractivity contribution in [1.82, 2.24) is 4.90 Å². The van der Waals surface area contributed by atoms with Crippen LogP contribution in [-0.4, -0.2) is 35.0 Å². The van der Waals surface area contributed by atoms with Gasteiger partial charge in [-0.05, 0) is 73.9 Å². The molecule has 1 aliphatic rings. The van der Waals surface area contributed by atoms with Crippen molar-refractivity contribution in [2.45, 2.75) is 33.1 Å². The van der Waals surface area contributed by atoms with Gasteiger partial charge in [0.25, 0.3) is 5.91 Å². The molecule has 2 aromatic carbocycles. The molecule has 1 fully saturated rings. The maximum atomic E-state index is 13.8. The van der Waals surface area contributed by atoms with Gasteiger partial charge in [0.15, 0.2) is 0 Å². The van der Waals surface area contributed by atoms with Crippen molar-refractivity contribution in [3.63, 3.8) is 0 Å². The van der Waals surface area contributed by atoms with Crippen molar-refractivity contribution in [2.24, 2.45) is 5.92 Å². The highest BCUT2D eigenvalue weighted by molar-refractivity contribution is 5.94. The molecule has 0 radical (unpaired) electrons. The largest absolute Gasteiger partial charge is 0.478 e. The average Bonchev–Trinajstić information content (AvgIpc) is 2.66. The maximum absolute atomic E-state index is 13.8. The number of amides is 1. The molecule has 4 nitrogen and oxygen atoms in total. The molecule has 0 aliphatic carbocycles. The second-order valence-electron chi connectivity index (χ2n) is 7.33. The summed E-state index contributed by atoms with van der Waals surface area (Å²) < 4.78 is 13.8. The number of carbonyl (C=O) groups is 2. The summed E-state index contributed by atoms with van der Waals surface area (Å²) in [7, 11) is 0. The smallest absolute Gasteiger partial charge is 0.335 e. The molecule has 0 aromatic heterocycles. The van der Waals surface area contributed by atoms with Crippen LogP contribution in [0.2, 0.25) is 0 Å². The summed E-state index contributed by atoms with van der Waals surface area (Å²) in [6.45, 7) is 4.61. The van der Waals surface area contributed by atoms with Crippen LogP contribution in [0.3, 0.4) is 0 Å². The van der Waals surface area contributed by atoms with Crippen LogP contribution in [0.1, 0.15) is 50.2 Å². The quantitative estimate of drug-likeness (QED) is 0.877. The Morgan fingerprint density at radius 2 is 1.70 bits per heavy atom. The molecule has 0 saturated carbocycles. The normalized spacial score (nSPS) is 15.0. The second kappa shape index (κ2) is 7.91. The molecule has 1 saturated heterocycles. The molecule has 0 spiro atoms. The first kappa shape index (κ1) is 19.1. The van der Waals surface area contributed by atoms with Crippen molar-refractivity contribution in [3.05, 3.63) is 70.0 Å². The van der Waals surface area contributed by atoms with E-state index < -0.39 is 5.97 Å². The first-order valence-corrected chi connectivity index (χ1v) is 9.24. The molecule has 3 rings (SSSR count). The fourth-order valence-electron chi connectivity index (χ4n) is 3.81. The highest BCUT2D eigenvalue weighted by Gasteiger charge is 2.25. The molecule has 27 heavy (non-hydrogen) atoms. The molecule has 0 unspecified atom stereocenters. The van der Waals surface area contributed by atoms with E-state index in [-0.39, 0.29) is 11.7 Å². The summed E-state index contributed by atoms with van der Waals surface area (Å²) >= 11 is 0.